The number of hydrogen-bond acceptors (Lipinski definition) is 6. The van der Waals surface area contributed by atoms with E-state index in [9.17, 15) is 9.18 Å². The molecule has 0 unspecified atom stereocenters. The molecule has 0 spiro atoms. The molecule has 0 aliphatic carbocycles. The summed E-state index contributed by atoms with van der Waals surface area (Å²) in [4.78, 5) is 14.0. The number of hydrogen-bond donors (Lipinski definition) is 1. The lowest BCUT2D eigenvalue weighted by molar-refractivity contribution is -0.123. The number of hydrazone groups is 1. The first-order valence-corrected chi connectivity index (χ1v) is 9.31. The van der Waals surface area contributed by atoms with Crippen LogP contribution in [-0.4, -0.2) is 57.0 Å². The van der Waals surface area contributed by atoms with E-state index in [0.29, 0.717) is 37.9 Å². The predicted molar refractivity (Wildman–Crippen MR) is 107 cm³/mol. The molecule has 8 heteroatoms. The number of benzene rings is 2. The highest BCUT2D eigenvalue weighted by Gasteiger charge is 2.13. The molecule has 29 heavy (non-hydrogen) atoms. The van der Waals surface area contributed by atoms with E-state index < -0.39 is 0 Å². The average Bonchev–Trinajstić information content (AvgIpc) is 2.74. The maximum Gasteiger partial charge on any atom is 0.254 e. The number of morpholine rings is 1. The molecule has 2 aromatic carbocycles. The normalized spacial score (nSPS) is 14.7. The van der Waals surface area contributed by atoms with Crippen LogP contribution < -0.4 is 14.9 Å². The summed E-state index contributed by atoms with van der Waals surface area (Å²) >= 11 is 0. The summed E-state index contributed by atoms with van der Waals surface area (Å²) in [6.07, 6.45) is 1.55. The molecule has 1 amide bonds. The summed E-state index contributed by atoms with van der Waals surface area (Å²) in [5, 5.41) is 4.00. The van der Waals surface area contributed by atoms with Crippen LogP contribution in [0.15, 0.2) is 47.6 Å². The van der Waals surface area contributed by atoms with Gasteiger partial charge in [-0.3, -0.25) is 9.69 Å². The van der Waals surface area contributed by atoms with Gasteiger partial charge in [0.1, 0.15) is 12.4 Å². The molecule has 1 saturated heterocycles. The second-order valence-electron chi connectivity index (χ2n) is 6.51. The molecule has 0 aromatic heterocycles. The van der Waals surface area contributed by atoms with Crippen molar-refractivity contribution in [2.75, 3.05) is 40.0 Å². The lowest BCUT2D eigenvalue weighted by atomic mass is 10.2. The van der Waals surface area contributed by atoms with Crippen molar-refractivity contribution in [1.82, 2.24) is 10.3 Å². The Morgan fingerprint density at radius 2 is 1.97 bits per heavy atom. The number of nitrogens with one attached hydrogen (secondary N) is 1. The van der Waals surface area contributed by atoms with Crippen LogP contribution >= 0.6 is 0 Å². The third kappa shape index (κ3) is 6.55. The fraction of sp³-hybridized carbons (Fsp3) is 0.333. The molecular weight excluding hydrogens is 377 g/mol. The van der Waals surface area contributed by atoms with Crippen LogP contribution in [0.3, 0.4) is 0 Å². The Balaban J connectivity index is 1.52. The Morgan fingerprint density at radius 3 is 2.69 bits per heavy atom. The van der Waals surface area contributed by atoms with E-state index in [2.05, 4.69) is 10.5 Å². The number of ether oxygens (including phenoxy) is 3. The fourth-order valence-corrected chi connectivity index (χ4v) is 2.80. The lowest BCUT2D eigenvalue weighted by Gasteiger charge is -2.25. The number of amides is 1. The number of carbonyl (C=O) groups is 1. The Kier molecular flexibility index (Phi) is 7.54. The maximum atomic E-state index is 13.0. The molecule has 1 aliphatic rings. The Labute approximate surface area is 169 Å². The van der Waals surface area contributed by atoms with Gasteiger partial charge in [0.2, 0.25) is 0 Å². The summed E-state index contributed by atoms with van der Waals surface area (Å²) in [6, 6.07) is 11.5. The van der Waals surface area contributed by atoms with E-state index in [1.165, 1.54) is 12.1 Å². The van der Waals surface area contributed by atoms with Crippen LogP contribution in [0.5, 0.6) is 11.5 Å². The Hall–Kier alpha value is -2.97. The van der Waals surface area contributed by atoms with Crippen molar-refractivity contribution in [3.8, 4) is 11.5 Å². The minimum atomic E-state index is -0.285. The summed E-state index contributed by atoms with van der Waals surface area (Å²) in [5.74, 6) is 0.641. The van der Waals surface area contributed by atoms with Crippen LogP contribution in [-0.2, 0) is 16.1 Å². The summed E-state index contributed by atoms with van der Waals surface area (Å²) in [6.45, 7) is 3.36. The summed E-state index contributed by atoms with van der Waals surface area (Å²) in [5.41, 5.74) is 4.13. The first-order chi connectivity index (χ1) is 14.1. The number of rotatable bonds is 8. The molecule has 1 aliphatic heterocycles. The van der Waals surface area contributed by atoms with Crippen LogP contribution in [0.1, 0.15) is 11.1 Å². The molecule has 1 fully saturated rings. The van der Waals surface area contributed by atoms with E-state index in [1.54, 1.807) is 43.7 Å². The van der Waals surface area contributed by atoms with Gasteiger partial charge in [-0.25, -0.2) is 9.82 Å². The summed E-state index contributed by atoms with van der Waals surface area (Å²) in [7, 11) is 1.55. The van der Waals surface area contributed by atoms with Crippen molar-refractivity contribution in [2.24, 2.45) is 5.10 Å². The minimum Gasteiger partial charge on any atom is -0.493 e. The lowest BCUT2D eigenvalue weighted by Crippen LogP contribution is -2.42. The SMILES string of the molecule is COc1cc(C=NNC(=O)CN2CCOCC2)ccc1OCc1ccc(F)cc1. The molecule has 7 nitrogen and oxygen atoms in total. The molecule has 154 valence electrons. The third-order valence-electron chi connectivity index (χ3n) is 4.37. The van der Waals surface area contributed by atoms with E-state index in [0.717, 1.165) is 24.2 Å². The van der Waals surface area contributed by atoms with Gasteiger partial charge in [-0.05, 0) is 41.5 Å². The van der Waals surface area contributed by atoms with Gasteiger partial charge in [0.25, 0.3) is 5.91 Å². The molecule has 0 saturated carbocycles. The predicted octanol–water partition coefficient (Wildman–Crippen LogP) is 2.20. The van der Waals surface area contributed by atoms with E-state index in [1.807, 2.05) is 4.90 Å². The Bertz CT molecular complexity index is 836. The minimum absolute atomic E-state index is 0.172. The van der Waals surface area contributed by atoms with Gasteiger partial charge in [0, 0.05) is 13.1 Å². The largest absolute Gasteiger partial charge is 0.493 e. The van der Waals surface area contributed by atoms with E-state index >= 15 is 0 Å². The molecule has 1 heterocycles. The van der Waals surface area contributed by atoms with Crippen molar-refractivity contribution >= 4 is 12.1 Å². The van der Waals surface area contributed by atoms with E-state index in [-0.39, 0.29) is 11.7 Å². The van der Waals surface area contributed by atoms with Crippen molar-refractivity contribution in [3.63, 3.8) is 0 Å². The summed E-state index contributed by atoms with van der Waals surface area (Å²) < 4.78 is 29.4. The molecule has 3 rings (SSSR count). The van der Waals surface area contributed by atoms with Crippen LogP contribution in [0, 0.1) is 5.82 Å². The second-order valence-corrected chi connectivity index (χ2v) is 6.51. The van der Waals surface area contributed by atoms with Gasteiger partial charge in [-0.1, -0.05) is 12.1 Å². The number of nitrogens with zero attached hydrogens (tertiary/aromatic N) is 2. The zero-order chi connectivity index (χ0) is 20.5. The van der Waals surface area contributed by atoms with Gasteiger partial charge in [0.05, 0.1) is 33.1 Å². The van der Waals surface area contributed by atoms with Crippen molar-refractivity contribution in [2.45, 2.75) is 6.61 Å². The topological polar surface area (TPSA) is 72.4 Å². The molecule has 1 N–H and O–H groups in total. The molecule has 0 bridgehead atoms. The van der Waals surface area contributed by atoms with Gasteiger partial charge in [-0.15, -0.1) is 0 Å². The third-order valence-corrected chi connectivity index (χ3v) is 4.37. The Morgan fingerprint density at radius 1 is 1.21 bits per heavy atom. The quantitative estimate of drug-likeness (QED) is 0.542. The zero-order valence-electron chi connectivity index (χ0n) is 16.3. The van der Waals surface area contributed by atoms with Gasteiger partial charge < -0.3 is 14.2 Å². The smallest absolute Gasteiger partial charge is 0.254 e. The fourth-order valence-electron chi connectivity index (χ4n) is 2.80. The standard InChI is InChI=1S/C21H24FN3O4/c1-27-20-12-17(13-23-24-21(26)14-25-8-10-28-11-9-25)4-7-19(20)29-15-16-2-5-18(22)6-3-16/h2-7,12-13H,8-11,14-15H2,1H3,(H,24,26). The molecule has 0 atom stereocenters. The number of carbonyl (C=O) groups excluding carboxylic acids is 1. The highest BCUT2D eigenvalue weighted by Crippen LogP contribution is 2.28. The number of methoxy groups -OCH3 is 1. The van der Waals surface area contributed by atoms with Crippen LogP contribution in [0.2, 0.25) is 0 Å². The molecule has 2 aromatic rings. The monoisotopic (exact) mass is 401 g/mol. The highest BCUT2D eigenvalue weighted by atomic mass is 19.1. The molecule has 0 radical (unpaired) electrons. The van der Waals surface area contributed by atoms with Crippen molar-refractivity contribution in [3.05, 3.63) is 59.4 Å². The van der Waals surface area contributed by atoms with Crippen molar-refractivity contribution < 1.29 is 23.4 Å². The number of halogens is 1. The molecular formula is C21H24FN3O4. The van der Waals surface area contributed by atoms with Gasteiger partial charge in [0.15, 0.2) is 11.5 Å². The first kappa shape index (κ1) is 20.8. The average molecular weight is 401 g/mol. The van der Waals surface area contributed by atoms with Crippen LogP contribution in [0.25, 0.3) is 0 Å². The van der Waals surface area contributed by atoms with E-state index in [4.69, 9.17) is 14.2 Å². The van der Waals surface area contributed by atoms with Gasteiger partial charge >= 0.3 is 0 Å². The van der Waals surface area contributed by atoms with Gasteiger partial charge in [-0.2, -0.15) is 5.10 Å². The van der Waals surface area contributed by atoms with Crippen LogP contribution in [0.4, 0.5) is 4.39 Å². The highest BCUT2D eigenvalue weighted by molar-refractivity contribution is 5.83. The maximum absolute atomic E-state index is 13.0. The first-order valence-electron chi connectivity index (χ1n) is 9.31. The van der Waals surface area contributed by atoms with Crippen molar-refractivity contribution in [1.29, 1.82) is 0 Å². The zero-order valence-corrected chi connectivity index (χ0v) is 16.3. The second kappa shape index (κ2) is 10.5.